The van der Waals surface area contributed by atoms with E-state index >= 15 is 0 Å². The quantitative estimate of drug-likeness (QED) is 0.433. The Labute approximate surface area is 188 Å². The SMILES string of the molecule is Cc1cccc(C)c1-n1nnnc1SCC(=O)NN1C(=O)NC(C)(c2ccccc2)C1=O. The molecule has 1 atom stereocenters. The van der Waals surface area contributed by atoms with Gasteiger partial charge in [-0.3, -0.25) is 15.0 Å². The molecule has 2 heterocycles. The number of hydrazine groups is 1. The van der Waals surface area contributed by atoms with Gasteiger partial charge in [0.1, 0.15) is 5.54 Å². The number of nitrogens with zero attached hydrogens (tertiary/aromatic N) is 5. The molecule has 0 bridgehead atoms. The molecule has 10 nitrogen and oxygen atoms in total. The first kappa shape index (κ1) is 21.5. The first-order valence-corrected chi connectivity index (χ1v) is 10.8. The van der Waals surface area contributed by atoms with Crippen LogP contribution in [-0.2, 0) is 15.1 Å². The number of thioether (sulfide) groups is 1. The average Bonchev–Trinajstić information content (AvgIpc) is 3.31. The number of benzene rings is 2. The van der Waals surface area contributed by atoms with Crippen molar-refractivity contribution in [3.05, 3.63) is 65.2 Å². The van der Waals surface area contributed by atoms with Gasteiger partial charge in [0, 0.05) is 0 Å². The molecule has 0 saturated carbocycles. The second kappa shape index (κ2) is 8.42. The van der Waals surface area contributed by atoms with Crippen LogP contribution in [0.4, 0.5) is 4.79 Å². The molecular weight excluding hydrogens is 430 g/mol. The summed E-state index contributed by atoms with van der Waals surface area (Å²) in [4.78, 5) is 37.8. The molecule has 1 aliphatic rings. The summed E-state index contributed by atoms with van der Waals surface area (Å²) in [6.45, 7) is 5.50. The molecule has 0 aliphatic carbocycles. The summed E-state index contributed by atoms with van der Waals surface area (Å²) in [5.41, 5.74) is 4.56. The maximum atomic E-state index is 12.9. The monoisotopic (exact) mass is 451 g/mol. The van der Waals surface area contributed by atoms with E-state index in [-0.39, 0.29) is 5.75 Å². The number of rotatable bonds is 6. The maximum absolute atomic E-state index is 12.9. The second-order valence-corrected chi connectivity index (χ2v) is 8.44. The Bertz CT molecular complexity index is 1180. The molecule has 1 unspecified atom stereocenters. The topological polar surface area (TPSA) is 122 Å². The summed E-state index contributed by atoms with van der Waals surface area (Å²) in [5.74, 6) is -1.19. The highest BCUT2D eigenvalue weighted by molar-refractivity contribution is 7.99. The van der Waals surface area contributed by atoms with E-state index in [1.54, 1.807) is 35.9 Å². The fraction of sp³-hybridized carbons (Fsp3) is 0.238. The smallest absolute Gasteiger partial charge is 0.318 e. The summed E-state index contributed by atoms with van der Waals surface area (Å²) < 4.78 is 1.57. The van der Waals surface area contributed by atoms with Crippen LogP contribution in [0.2, 0.25) is 0 Å². The van der Waals surface area contributed by atoms with Crippen molar-refractivity contribution in [2.75, 3.05) is 5.75 Å². The van der Waals surface area contributed by atoms with Gasteiger partial charge in [0.2, 0.25) is 11.1 Å². The molecule has 0 radical (unpaired) electrons. The van der Waals surface area contributed by atoms with Gasteiger partial charge in [-0.2, -0.15) is 9.69 Å². The Morgan fingerprint density at radius 3 is 2.47 bits per heavy atom. The van der Waals surface area contributed by atoms with E-state index in [0.29, 0.717) is 15.7 Å². The number of urea groups is 1. The number of amides is 4. The Balaban J connectivity index is 1.44. The van der Waals surface area contributed by atoms with E-state index in [0.717, 1.165) is 28.6 Å². The Hall–Kier alpha value is -3.73. The molecule has 1 aliphatic heterocycles. The van der Waals surface area contributed by atoms with Crippen molar-refractivity contribution in [3.63, 3.8) is 0 Å². The van der Waals surface area contributed by atoms with Gasteiger partial charge < -0.3 is 5.32 Å². The molecular formula is C21H21N7O3S. The van der Waals surface area contributed by atoms with Crippen molar-refractivity contribution in [1.29, 1.82) is 0 Å². The highest BCUT2D eigenvalue weighted by Crippen LogP contribution is 2.28. The first-order chi connectivity index (χ1) is 15.3. The van der Waals surface area contributed by atoms with Gasteiger partial charge in [-0.1, -0.05) is 60.3 Å². The van der Waals surface area contributed by atoms with Crippen molar-refractivity contribution < 1.29 is 14.4 Å². The molecule has 1 aromatic heterocycles. The van der Waals surface area contributed by atoms with Crippen molar-refractivity contribution in [2.45, 2.75) is 31.5 Å². The molecule has 1 saturated heterocycles. The predicted molar refractivity (Wildman–Crippen MR) is 117 cm³/mol. The zero-order valence-electron chi connectivity index (χ0n) is 17.7. The van der Waals surface area contributed by atoms with E-state index in [1.165, 1.54) is 0 Å². The third-order valence-electron chi connectivity index (χ3n) is 5.20. The molecule has 11 heteroatoms. The number of hydrogen-bond donors (Lipinski definition) is 2. The first-order valence-electron chi connectivity index (χ1n) is 9.81. The van der Waals surface area contributed by atoms with Gasteiger partial charge in [-0.25, -0.2) is 4.79 Å². The van der Waals surface area contributed by atoms with Gasteiger partial charge in [0.25, 0.3) is 5.91 Å². The molecule has 2 aromatic carbocycles. The minimum absolute atomic E-state index is 0.0928. The fourth-order valence-corrected chi connectivity index (χ4v) is 4.21. The highest BCUT2D eigenvalue weighted by Gasteiger charge is 2.49. The van der Waals surface area contributed by atoms with E-state index in [2.05, 4.69) is 26.3 Å². The second-order valence-electron chi connectivity index (χ2n) is 7.50. The lowest BCUT2D eigenvalue weighted by Gasteiger charge is -2.22. The van der Waals surface area contributed by atoms with Crippen LogP contribution < -0.4 is 10.7 Å². The van der Waals surface area contributed by atoms with Gasteiger partial charge in [-0.15, -0.1) is 5.10 Å². The van der Waals surface area contributed by atoms with Gasteiger partial charge in [0.15, 0.2) is 0 Å². The number of nitrogens with one attached hydrogen (secondary N) is 2. The van der Waals surface area contributed by atoms with Crippen LogP contribution in [0.5, 0.6) is 0 Å². The molecule has 2 N–H and O–H groups in total. The zero-order chi connectivity index (χ0) is 22.9. The maximum Gasteiger partial charge on any atom is 0.344 e. The molecule has 0 spiro atoms. The van der Waals surface area contributed by atoms with Crippen LogP contribution in [0.15, 0.2) is 53.7 Å². The lowest BCUT2D eigenvalue weighted by atomic mass is 9.92. The summed E-state index contributed by atoms with van der Waals surface area (Å²) in [6, 6.07) is 14.0. The third kappa shape index (κ3) is 3.82. The Morgan fingerprint density at radius 1 is 1.09 bits per heavy atom. The molecule has 1 fully saturated rings. The molecule has 4 amide bonds. The zero-order valence-corrected chi connectivity index (χ0v) is 18.5. The van der Waals surface area contributed by atoms with Crippen LogP contribution in [0, 0.1) is 13.8 Å². The van der Waals surface area contributed by atoms with Crippen molar-refractivity contribution in [3.8, 4) is 5.69 Å². The number of imide groups is 1. The lowest BCUT2D eigenvalue weighted by molar-refractivity contribution is -0.138. The molecule has 32 heavy (non-hydrogen) atoms. The predicted octanol–water partition coefficient (Wildman–Crippen LogP) is 1.87. The number of para-hydroxylation sites is 1. The normalized spacial score (nSPS) is 18.0. The average molecular weight is 452 g/mol. The largest absolute Gasteiger partial charge is 0.344 e. The standard InChI is InChI=1S/C21H21N7O3S/c1-13-8-7-9-14(2)17(13)27-20(23-25-26-27)32-12-16(29)24-28-18(30)21(3,22-19(28)31)15-10-5-4-6-11-15/h4-11H,12H2,1-3H3,(H,22,31)(H,24,29). The lowest BCUT2D eigenvalue weighted by Crippen LogP contribution is -2.48. The highest BCUT2D eigenvalue weighted by atomic mass is 32.2. The number of aryl methyl sites for hydroxylation is 2. The van der Waals surface area contributed by atoms with Crippen molar-refractivity contribution in [1.82, 2.24) is 36.0 Å². The van der Waals surface area contributed by atoms with Crippen LogP contribution in [0.3, 0.4) is 0 Å². The summed E-state index contributed by atoms with van der Waals surface area (Å²) in [5, 5.41) is 15.5. The van der Waals surface area contributed by atoms with E-state index in [4.69, 9.17) is 0 Å². The van der Waals surface area contributed by atoms with Gasteiger partial charge in [0.05, 0.1) is 11.4 Å². The van der Waals surface area contributed by atoms with E-state index in [9.17, 15) is 14.4 Å². The van der Waals surface area contributed by atoms with Crippen molar-refractivity contribution >= 4 is 29.6 Å². The summed E-state index contributed by atoms with van der Waals surface area (Å²) >= 11 is 1.10. The van der Waals surface area contributed by atoms with Crippen LogP contribution in [-0.4, -0.2) is 48.8 Å². The number of carbonyl (C=O) groups excluding carboxylic acids is 3. The number of hydrogen-bond acceptors (Lipinski definition) is 7. The fourth-order valence-electron chi connectivity index (χ4n) is 3.54. The van der Waals surface area contributed by atoms with Crippen LogP contribution >= 0.6 is 11.8 Å². The molecule has 3 aromatic rings. The number of tetrazole rings is 1. The van der Waals surface area contributed by atoms with E-state index in [1.807, 2.05) is 38.1 Å². The summed E-state index contributed by atoms with van der Waals surface area (Å²) in [6.07, 6.45) is 0. The van der Waals surface area contributed by atoms with Crippen LogP contribution in [0.1, 0.15) is 23.6 Å². The Morgan fingerprint density at radius 2 is 1.78 bits per heavy atom. The van der Waals surface area contributed by atoms with Gasteiger partial charge >= 0.3 is 6.03 Å². The molecule has 164 valence electrons. The van der Waals surface area contributed by atoms with Gasteiger partial charge in [-0.05, 0) is 47.9 Å². The minimum Gasteiger partial charge on any atom is -0.318 e. The van der Waals surface area contributed by atoms with E-state index < -0.39 is 23.4 Å². The van der Waals surface area contributed by atoms with Crippen LogP contribution in [0.25, 0.3) is 5.69 Å². The number of aromatic nitrogens is 4. The summed E-state index contributed by atoms with van der Waals surface area (Å²) in [7, 11) is 0. The minimum atomic E-state index is -1.26. The molecule has 4 rings (SSSR count). The Kier molecular flexibility index (Phi) is 5.66. The number of carbonyl (C=O) groups is 3. The van der Waals surface area contributed by atoms with Crippen molar-refractivity contribution in [2.24, 2.45) is 0 Å². The third-order valence-corrected chi connectivity index (χ3v) is 6.12.